The van der Waals surface area contributed by atoms with Crippen molar-refractivity contribution in [3.05, 3.63) is 47.5 Å². The van der Waals surface area contributed by atoms with Crippen molar-refractivity contribution in [2.75, 3.05) is 14.2 Å². The Balaban J connectivity index is 1.28. The van der Waals surface area contributed by atoms with E-state index in [4.69, 9.17) is 14.2 Å². The molecule has 6 nitrogen and oxygen atoms in total. The number of ether oxygens (including phenoxy) is 3. The minimum Gasteiger partial charge on any atom is -0.469 e. The second kappa shape index (κ2) is 13.3. The normalized spacial score (nSPS) is 38.9. The van der Waals surface area contributed by atoms with Crippen molar-refractivity contribution in [2.24, 2.45) is 62.1 Å². The summed E-state index contributed by atoms with van der Waals surface area (Å²) < 4.78 is 16.3. The van der Waals surface area contributed by atoms with E-state index in [-0.39, 0.29) is 51.5 Å². The van der Waals surface area contributed by atoms with E-state index >= 15 is 0 Å². The second-order valence-corrected chi connectivity index (χ2v) is 19.5. The molecule has 5 aliphatic rings. The third kappa shape index (κ3) is 5.86. The van der Waals surface area contributed by atoms with Gasteiger partial charge in [0, 0.05) is 16.4 Å². The van der Waals surface area contributed by atoms with Gasteiger partial charge in [0.2, 0.25) is 0 Å². The number of carbonyl (C=O) groups excluding carboxylic acids is 3. The van der Waals surface area contributed by atoms with Crippen molar-refractivity contribution in [1.29, 1.82) is 0 Å². The van der Waals surface area contributed by atoms with Gasteiger partial charge in [-0.05, 0) is 143 Å². The summed E-state index contributed by atoms with van der Waals surface area (Å²) in [5, 5.41) is 0. The van der Waals surface area contributed by atoms with Crippen LogP contribution in [0.2, 0.25) is 0 Å². The maximum Gasteiger partial charge on any atom is 0.339 e. The number of allylic oxidation sites excluding steroid dienone is 1. The van der Waals surface area contributed by atoms with Crippen LogP contribution in [0.3, 0.4) is 0 Å². The molecule has 5 unspecified atom stereocenters. The molecule has 0 heterocycles. The first kappa shape index (κ1) is 38.6. The SMILES string of the molecule is C=C(C)C1CC[C@]2(C#Cc3ccccc3C(=O)OC)CC[C@]3(C)C(CCC4[C@@]5(C)CC[C@H](OC(=O)CC(C)(C)C(=O)OC)C(C)(C)C5CC[C@]43C)C12. The molecule has 5 fully saturated rings. The summed E-state index contributed by atoms with van der Waals surface area (Å²) >= 11 is 0. The number of esters is 3. The van der Waals surface area contributed by atoms with Crippen LogP contribution in [0.5, 0.6) is 0 Å². The lowest BCUT2D eigenvalue weighted by molar-refractivity contribution is -0.247. The van der Waals surface area contributed by atoms with Crippen LogP contribution in [0.15, 0.2) is 36.4 Å². The first-order valence-electron chi connectivity index (χ1n) is 20.0. The van der Waals surface area contributed by atoms with Crippen molar-refractivity contribution in [1.82, 2.24) is 0 Å². The van der Waals surface area contributed by atoms with Gasteiger partial charge in [0.15, 0.2) is 0 Å². The average Bonchev–Trinajstić information content (AvgIpc) is 3.48. The summed E-state index contributed by atoms with van der Waals surface area (Å²) in [4.78, 5) is 38.2. The Morgan fingerprint density at radius 2 is 1.56 bits per heavy atom. The molecule has 10 atom stereocenters. The van der Waals surface area contributed by atoms with Gasteiger partial charge in [0.1, 0.15) is 6.10 Å². The Hall–Kier alpha value is -3.07. The fourth-order valence-electron chi connectivity index (χ4n) is 13.5. The zero-order valence-electron chi connectivity index (χ0n) is 33.7. The molecule has 0 bridgehead atoms. The molecule has 6 rings (SSSR count). The number of benzene rings is 1. The third-order valence-electron chi connectivity index (χ3n) is 16.4. The van der Waals surface area contributed by atoms with E-state index in [2.05, 4.69) is 60.0 Å². The summed E-state index contributed by atoms with van der Waals surface area (Å²) in [6.45, 7) is 22.8. The topological polar surface area (TPSA) is 78.9 Å². The van der Waals surface area contributed by atoms with E-state index in [0.29, 0.717) is 35.2 Å². The van der Waals surface area contributed by atoms with Crippen LogP contribution in [0.1, 0.15) is 142 Å². The van der Waals surface area contributed by atoms with Gasteiger partial charge in [-0.2, -0.15) is 0 Å². The predicted molar refractivity (Wildman–Crippen MR) is 204 cm³/mol. The fourth-order valence-corrected chi connectivity index (χ4v) is 13.5. The molecule has 1 aromatic carbocycles. The molecule has 1 aromatic rings. The van der Waals surface area contributed by atoms with Crippen LogP contribution in [0.25, 0.3) is 0 Å². The number of carbonyl (C=O) groups is 3. The van der Waals surface area contributed by atoms with E-state index in [0.717, 1.165) is 50.5 Å². The third-order valence-corrected chi connectivity index (χ3v) is 16.4. The lowest BCUT2D eigenvalue weighted by Gasteiger charge is -2.72. The summed E-state index contributed by atoms with van der Waals surface area (Å²) in [6, 6.07) is 7.60. The lowest BCUT2D eigenvalue weighted by atomic mass is 9.32. The molecular weight excluding hydrogens is 649 g/mol. The van der Waals surface area contributed by atoms with Crippen LogP contribution in [-0.2, 0) is 23.8 Å². The molecule has 0 saturated heterocycles. The molecule has 52 heavy (non-hydrogen) atoms. The number of hydrogen-bond acceptors (Lipinski definition) is 6. The molecule has 0 aliphatic heterocycles. The minimum atomic E-state index is -0.918. The van der Waals surface area contributed by atoms with Gasteiger partial charge in [-0.3, -0.25) is 9.59 Å². The molecule has 0 N–H and O–H groups in total. The maximum atomic E-state index is 13.3. The van der Waals surface area contributed by atoms with Crippen LogP contribution in [-0.4, -0.2) is 38.2 Å². The Morgan fingerprint density at radius 3 is 2.23 bits per heavy atom. The highest BCUT2D eigenvalue weighted by Crippen LogP contribution is 2.77. The Bertz CT molecular complexity index is 1680. The van der Waals surface area contributed by atoms with Crippen LogP contribution >= 0.6 is 0 Å². The number of rotatable bonds is 6. The van der Waals surface area contributed by atoms with Gasteiger partial charge in [0.05, 0.1) is 31.6 Å². The highest BCUT2D eigenvalue weighted by Gasteiger charge is 2.71. The quantitative estimate of drug-likeness (QED) is 0.126. The second-order valence-electron chi connectivity index (χ2n) is 19.5. The monoisotopic (exact) mass is 712 g/mol. The highest BCUT2D eigenvalue weighted by molar-refractivity contribution is 5.92. The van der Waals surface area contributed by atoms with Crippen molar-refractivity contribution < 1.29 is 28.6 Å². The summed E-state index contributed by atoms with van der Waals surface area (Å²) in [6.07, 6.45) is 10.9. The van der Waals surface area contributed by atoms with Crippen molar-refractivity contribution >= 4 is 17.9 Å². The number of methoxy groups -OCH3 is 2. The Morgan fingerprint density at radius 1 is 0.846 bits per heavy atom. The summed E-state index contributed by atoms with van der Waals surface area (Å²) in [5.41, 5.74) is 1.91. The van der Waals surface area contributed by atoms with Gasteiger partial charge in [-0.15, -0.1) is 0 Å². The zero-order chi connectivity index (χ0) is 38.1. The number of hydrogen-bond donors (Lipinski definition) is 0. The van der Waals surface area contributed by atoms with Crippen molar-refractivity contribution in [2.45, 2.75) is 132 Å². The first-order valence-corrected chi connectivity index (χ1v) is 20.0. The van der Waals surface area contributed by atoms with Gasteiger partial charge in [-0.1, -0.05) is 70.7 Å². The van der Waals surface area contributed by atoms with Gasteiger partial charge in [0.25, 0.3) is 0 Å². The Labute approximate surface area is 313 Å². The first-order chi connectivity index (χ1) is 24.3. The van der Waals surface area contributed by atoms with Crippen molar-refractivity contribution in [3.8, 4) is 11.8 Å². The van der Waals surface area contributed by atoms with E-state index in [1.54, 1.807) is 13.8 Å². The van der Waals surface area contributed by atoms with Gasteiger partial charge < -0.3 is 14.2 Å². The molecule has 0 radical (unpaired) electrons. The van der Waals surface area contributed by atoms with E-state index in [9.17, 15) is 14.4 Å². The smallest absolute Gasteiger partial charge is 0.339 e. The molecular formula is C46H64O6. The number of fused-ring (bicyclic) bond motifs is 7. The van der Waals surface area contributed by atoms with Crippen molar-refractivity contribution in [3.63, 3.8) is 0 Å². The van der Waals surface area contributed by atoms with Crippen LogP contribution < -0.4 is 0 Å². The Kier molecular flexibility index (Phi) is 9.92. The summed E-state index contributed by atoms with van der Waals surface area (Å²) in [7, 11) is 2.80. The lowest BCUT2D eigenvalue weighted by Crippen LogP contribution is -2.66. The largest absolute Gasteiger partial charge is 0.469 e. The highest BCUT2D eigenvalue weighted by atomic mass is 16.5. The summed E-state index contributed by atoms with van der Waals surface area (Å²) in [5.74, 6) is 8.89. The van der Waals surface area contributed by atoms with E-state index < -0.39 is 11.4 Å². The van der Waals surface area contributed by atoms with E-state index in [1.807, 2.05) is 24.3 Å². The van der Waals surface area contributed by atoms with Crippen LogP contribution in [0, 0.1) is 73.9 Å². The minimum absolute atomic E-state index is 0.0185. The standard InChI is InChI=1S/C46H64O6/c1-29(2)31-19-25-46(24-18-30-14-12-13-15-32(30)39(48)50-10)27-26-44(8)33(38(31)46)16-17-35-43(7)22-21-36(42(5,6)34(43)20-23-45(35,44)9)52-37(47)28-41(3,4)40(49)51-11/h12-15,31,33-36,38H,1,16-17,19-23,25-28H2,2-11H3/t31?,33?,34?,35?,36-,38?,43-,44+,45+,46+/m0/s1. The molecule has 5 saturated carbocycles. The van der Waals surface area contributed by atoms with Crippen LogP contribution in [0.4, 0.5) is 0 Å². The maximum absolute atomic E-state index is 13.3. The average molecular weight is 713 g/mol. The molecule has 284 valence electrons. The van der Waals surface area contributed by atoms with Gasteiger partial charge >= 0.3 is 17.9 Å². The zero-order valence-corrected chi connectivity index (χ0v) is 33.7. The van der Waals surface area contributed by atoms with Gasteiger partial charge in [-0.25, -0.2) is 4.79 Å². The molecule has 0 amide bonds. The fraction of sp³-hybridized carbons (Fsp3) is 0.717. The molecule has 5 aliphatic carbocycles. The molecule has 0 aromatic heterocycles. The van der Waals surface area contributed by atoms with E-state index in [1.165, 1.54) is 39.1 Å². The predicted octanol–water partition coefficient (Wildman–Crippen LogP) is 9.98. The molecule has 0 spiro atoms. The molecule has 6 heteroatoms.